The van der Waals surface area contributed by atoms with Gasteiger partial charge in [0.15, 0.2) is 0 Å². The van der Waals surface area contributed by atoms with Crippen molar-refractivity contribution < 1.29 is 14.4 Å². The molecule has 5 nitrogen and oxygen atoms in total. The van der Waals surface area contributed by atoms with Crippen molar-refractivity contribution in [2.75, 3.05) is 6.61 Å². The van der Waals surface area contributed by atoms with E-state index in [1.807, 2.05) is 6.92 Å². The van der Waals surface area contributed by atoms with Crippen molar-refractivity contribution in [1.82, 2.24) is 0 Å². The van der Waals surface area contributed by atoms with Crippen LogP contribution in [-0.2, 0) is 4.74 Å². The number of nitrogens with zero attached hydrogens (tertiary/aromatic N) is 1. The number of hydrogen-bond donors (Lipinski definition) is 0. The lowest BCUT2D eigenvalue weighted by Crippen LogP contribution is -2.52. The first-order valence-electron chi connectivity index (χ1n) is 7.12. The van der Waals surface area contributed by atoms with Gasteiger partial charge in [-0.3, -0.25) is 10.1 Å². The van der Waals surface area contributed by atoms with Gasteiger partial charge in [0.1, 0.15) is 18.0 Å². The highest BCUT2D eigenvalue weighted by atomic mass is 35.5. The summed E-state index contributed by atoms with van der Waals surface area (Å²) in [4.78, 5) is 10.5. The number of benzene rings is 1. The fourth-order valence-electron chi connectivity index (χ4n) is 2.37. The zero-order chi connectivity index (χ0) is 15.6. The Morgan fingerprint density at radius 2 is 2.10 bits per heavy atom. The second-order valence-corrected chi connectivity index (χ2v) is 5.97. The van der Waals surface area contributed by atoms with E-state index >= 15 is 0 Å². The van der Waals surface area contributed by atoms with Crippen LogP contribution in [-0.4, -0.2) is 29.1 Å². The molecule has 0 saturated heterocycles. The van der Waals surface area contributed by atoms with Crippen LogP contribution < -0.4 is 4.74 Å². The highest BCUT2D eigenvalue weighted by Gasteiger charge is 2.43. The summed E-state index contributed by atoms with van der Waals surface area (Å²) >= 11 is 6.16. The van der Waals surface area contributed by atoms with Gasteiger partial charge in [0.25, 0.3) is 5.69 Å². The number of aryl methyl sites for hydroxylation is 2. The smallest absolute Gasteiger partial charge is 0.272 e. The lowest BCUT2D eigenvalue weighted by atomic mass is 9.90. The van der Waals surface area contributed by atoms with E-state index in [2.05, 4.69) is 0 Å². The number of hydrogen-bond acceptors (Lipinski definition) is 4. The summed E-state index contributed by atoms with van der Waals surface area (Å²) in [6.07, 6.45) is 1.47. The van der Waals surface area contributed by atoms with E-state index in [1.54, 1.807) is 26.0 Å². The van der Waals surface area contributed by atoms with Crippen LogP contribution in [0, 0.1) is 24.0 Å². The molecule has 1 aliphatic carbocycles. The van der Waals surface area contributed by atoms with Crippen LogP contribution in [0.15, 0.2) is 12.1 Å². The Balaban J connectivity index is 2.09. The number of alkyl halides is 1. The lowest BCUT2D eigenvalue weighted by Gasteiger charge is -2.40. The highest BCUT2D eigenvalue weighted by Crippen LogP contribution is 2.35. The molecule has 6 heteroatoms. The molecule has 0 aromatic heterocycles. The van der Waals surface area contributed by atoms with Gasteiger partial charge in [-0.05, 0) is 31.9 Å². The molecule has 3 unspecified atom stereocenters. The van der Waals surface area contributed by atoms with Gasteiger partial charge in [0.05, 0.1) is 10.3 Å². The third-order valence-corrected chi connectivity index (χ3v) is 4.09. The summed E-state index contributed by atoms with van der Waals surface area (Å²) in [7, 11) is 0. The quantitative estimate of drug-likeness (QED) is 0.455. The average molecular weight is 314 g/mol. The number of rotatable bonds is 6. The zero-order valence-corrected chi connectivity index (χ0v) is 13.2. The Kier molecular flexibility index (Phi) is 5.06. The predicted octanol–water partition coefficient (Wildman–Crippen LogP) is 3.77. The summed E-state index contributed by atoms with van der Waals surface area (Å²) < 4.78 is 11.6. The number of nitro groups is 1. The molecule has 1 saturated carbocycles. The van der Waals surface area contributed by atoms with E-state index in [9.17, 15) is 10.1 Å². The van der Waals surface area contributed by atoms with Crippen molar-refractivity contribution in [3.05, 3.63) is 33.4 Å². The van der Waals surface area contributed by atoms with E-state index in [4.69, 9.17) is 21.1 Å². The maximum atomic E-state index is 10.9. The standard InChI is InChI=1S/C15H20ClNO4/c1-4-5-20-15-11(16)8-14(15)21-13-7-9(2)12(17(18)19)6-10(13)3/h6-7,11,14-15H,4-5,8H2,1-3H3. The minimum atomic E-state index is -0.378. The third-order valence-electron chi connectivity index (χ3n) is 3.66. The largest absolute Gasteiger partial charge is 0.487 e. The van der Waals surface area contributed by atoms with Crippen molar-refractivity contribution in [2.24, 2.45) is 0 Å². The van der Waals surface area contributed by atoms with E-state index < -0.39 is 0 Å². The van der Waals surface area contributed by atoms with Crippen LogP contribution in [0.1, 0.15) is 30.9 Å². The van der Waals surface area contributed by atoms with Gasteiger partial charge in [-0.25, -0.2) is 0 Å². The van der Waals surface area contributed by atoms with Gasteiger partial charge in [-0.1, -0.05) is 6.92 Å². The summed E-state index contributed by atoms with van der Waals surface area (Å²) in [5.74, 6) is 0.664. The molecule has 0 bridgehead atoms. The van der Waals surface area contributed by atoms with Crippen molar-refractivity contribution in [2.45, 2.75) is 51.2 Å². The van der Waals surface area contributed by atoms with Gasteiger partial charge in [-0.15, -0.1) is 11.6 Å². The molecule has 3 atom stereocenters. The first-order valence-corrected chi connectivity index (χ1v) is 7.55. The normalized spacial score (nSPS) is 24.5. The van der Waals surface area contributed by atoms with Crippen LogP contribution in [0.5, 0.6) is 5.75 Å². The van der Waals surface area contributed by atoms with Crippen molar-refractivity contribution in [3.8, 4) is 5.75 Å². The Labute approximate surface area is 129 Å². The Hall–Kier alpha value is -1.33. The Bertz CT molecular complexity index is 535. The minimum Gasteiger partial charge on any atom is -0.487 e. The van der Waals surface area contributed by atoms with E-state index in [0.717, 1.165) is 18.4 Å². The fraction of sp³-hybridized carbons (Fsp3) is 0.600. The van der Waals surface area contributed by atoms with Gasteiger partial charge < -0.3 is 9.47 Å². The zero-order valence-electron chi connectivity index (χ0n) is 12.5. The first-order chi connectivity index (χ1) is 9.93. The highest BCUT2D eigenvalue weighted by molar-refractivity contribution is 6.21. The molecule has 0 aliphatic heterocycles. The van der Waals surface area contributed by atoms with Crippen LogP contribution in [0.25, 0.3) is 0 Å². The molecule has 0 amide bonds. The Morgan fingerprint density at radius 1 is 1.38 bits per heavy atom. The topological polar surface area (TPSA) is 61.6 Å². The van der Waals surface area contributed by atoms with Crippen molar-refractivity contribution in [3.63, 3.8) is 0 Å². The molecular weight excluding hydrogens is 294 g/mol. The van der Waals surface area contributed by atoms with Gasteiger partial charge in [0.2, 0.25) is 0 Å². The third kappa shape index (κ3) is 3.47. The lowest BCUT2D eigenvalue weighted by molar-refractivity contribution is -0.385. The van der Waals surface area contributed by atoms with Crippen LogP contribution >= 0.6 is 11.6 Å². The molecule has 1 aromatic rings. The molecular formula is C15H20ClNO4. The predicted molar refractivity (Wildman–Crippen MR) is 81.3 cm³/mol. The molecule has 21 heavy (non-hydrogen) atoms. The maximum Gasteiger partial charge on any atom is 0.272 e. The molecule has 1 aliphatic rings. The Morgan fingerprint density at radius 3 is 2.67 bits per heavy atom. The molecule has 1 aromatic carbocycles. The van der Waals surface area contributed by atoms with Crippen molar-refractivity contribution in [1.29, 1.82) is 0 Å². The van der Waals surface area contributed by atoms with Gasteiger partial charge in [0, 0.05) is 24.7 Å². The molecule has 0 radical (unpaired) electrons. The second kappa shape index (κ2) is 6.62. The number of nitro benzene ring substituents is 1. The van der Waals surface area contributed by atoms with E-state index in [0.29, 0.717) is 17.9 Å². The first kappa shape index (κ1) is 16.0. The minimum absolute atomic E-state index is 0.0269. The summed E-state index contributed by atoms with van der Waals surface area (Å²) in [5.41, 5.74) is 1.45. The molecule has 116 valence electrons. The monoisotopic (exact) mass is 313 g/mol. The van der Waals surface area contributed by atoms with Gasteiger partial charge in [-0.2, -0.15) is 0 Å². The summed E-state index contributed by atoms with van der Waals surface area (Å²) in [6.45, 7) is 6.22. The maximum absolute atomic E-state index is 10.9. The molecule has 0 spiro atoms. The second-order valence-electron chi connectivity index (χ2n) is 5.40. The molecule has 1 fully saturated rings. The van der Waals surface area contributed by atoms with Gasteiger partial charge >= 0.3 is 0 Å². The van der Waals surface area contributed by atoms with Crippen LogP contribution in [0.3, 0.4) is 0 Å². The molecule has 2 rings (SSSR count). The summed E-state index contributed by atoms with van der Waals surface area (Å²) in [5, 5.41) is 10.9. The van der Waals surface area contributed by atoms with E-state index in [-0.39, 0.29) is 28.2 Å². The fourth-order valence-corrected chi connectivity index (χ4v) is 2.78. The SMILES string of the molecule is CCCOC1C(Cl)CC1Oc1cc(C)c([N+](=O)[O-])cc1C. The van der Waals surface area contributed by atoms with E-state index in [1.165, 1.54) is 0 Å². The van der Waals surface area contributed by atoms with Crippen LogP contribution in [0.2, 0.25) is 0 Å². The average Bonchev–Trinajstić information content (AvgIpc) is 2.41. The summed E-state index contributed by atoms with van der Waals surface area (Å²) in [6, 6.07) is 3.26. The number of ether oxygens (including phenoxy) is 2. The molecule has 0 N–H and O–H groups in total. The van der Waals surface area contributed by atoms with Crippen LogP contribution in [0.4, 0.5) is 5.69 Å². The number of halogens is 1. The molecule has 0 heterocycles. The van der Waals surface area contributed by atoms with Crippen molar-refractivity contribution >= 4 is 17.3 Å².